The molecule has 0 fully saturated rings. The number of rotatable bonds is 6. The lowest BCUT2D eigenvalue weighted by Gasteiger charge is -2.43. The van der Waals surface area contributed by atoms with Crippen LogP contribution in [0.15, 0.2) is 97.3 Å². The van der Waals surface area contributed by atoms with Crippen molar-refractivity contribution < 1.29 is 13.4 Å². The van der Waals surface area contributed by atoms with Gasteiger partial charge in [0.15, 0.2) is 17.9 Å². The third kappa shape index (κ3) is 3.99. The number of hydrogen-bond donors (Lipinski definition) is 0. The molecule has 1 unspecified atom stereocenters. The Labute approximate surface area is 288 Å². The number of unbranched alkanes of at least 4 members (excludes halogenated alkanes) is 1. The molecular weight excluding hydrogens is 600 g/mol. The monoisotopic (exact) mass is 644 g/mol. The molecule has 1 aliphatic heterocycles. The smallest absolute Gasteiger partial charge is 0.207 e. The van der Waals surface area contributed by atoms with Crippen molar-refractivity contribution in [3.63, 3.8) is 0 Å². The van der Waals surface area contributed by atoms with Gasteiger partial charge in [0.1, 0.15) is 11.7 Å². The van der Waals surface area contributed by atoms with Gasteiger partial charge in [0.05, 0.1) is 21.7 Å². The van der Waals surface area contributed by atoms with Gasteiger partial charge in [-0.2, -0.15) is 8.97 Å². The summed E-state index contributed by atoms with van der Waals surface area (Å²) in [5.41, 5.74) is 10.00. The molecular formula is C46H45FN2+2. The Morgan fingerprint density at radius 3 is 2.37 bits per heavy atom. The first-order valence-electron chi connectivity index (χ1n) is 18.3. The molecule has 0 saturated heterocycles. The number of hydrogen-bond acceptors (Lipinski definition) is 0. The molecule has 9 rings (SSSR count). The van der Waals surface area contributed by atoms with Crippen LogP contribution in [0.2, 0.25) is 0 Å². The first kappa shape index (κ1) is 30.4. The summed E-state index contributed by atoms with van der Waals surface area (Å²) in [5.74, 6) is -0.110. The molecule has 1 aliphatic carbocycles. The molecule has 0 saturated carbocycles. The van der Waals surface area contributed by atoms with Crippen LogP contribution in [0.1, 0.15) is 99.7 Å². The Bertz CT molecular complexity index is 2520. The third-order valence-corrected chi connectivity index (χ3v) is 12.4. The minimum Gasteiger partial charge on any atom is -0.207 e. The highest BCUT2D eigenvalue weighted by Gasteiger charge is 2.58. The fourth-order valence-electron chi connectivity index (χ4n) is 9.96. The zero-order chi connectivity index (χ0) is 33.8. The van der Waals surface area contributed by atoms with Crippen LogP contribution in [-0.2, 0) is 17.4 Å². The molecule has 0 bridgehead atoms. The Morgan fingerprint density at radius 1 is 0.776 bits per heavy atom. The average molecular weight is 645 g/mol. The van der Waals surface area contributed by atoms with Gasteiger partial charge in [-0.25, -0.2) is 4.39 Å². The van der Waals surface area contributed by atoms with Crippen molar-refractivity contribution in [3.8, 4) is 11.3 Å². The number of nitrogens with zero attached hydrogens (tertiary/aromatic N) is 2. The van der Waals surface area contributed by atoms with Crippen LogP contribution in [0.5, 0.6) is 0 Å². The Morgan fingerprint density at radius 2 is 1.57 bits per heavy atom. The fraction of sp³-hybridized carbons (Fsp3) is 0.304. The highest BCUT2D eigenvalue weighted by molar-refractivity contribution is 6.08. The van der Waals surface area contributed by atoms with Gasteiger partial charge in [-0.05, 0) is 70.8 Å². The highest BCUT2D eigenvalue weighted by atomic mass is 19.1. The Balaban J connectivity index is 1.45. The van der Waals surface area contributed by atoms with Crippen LogP contribution in [0.3, 0.4) is 0 Å². The van der Waals surface area contributed by atoms with Crippen molar-refractivity contribution in [2.75, 3.05) is 0 Å². The lowest BCUT2D eigenvalue weighted by Crippen LogP contribution is -2.64. The van der Waals surface area contributed by atoms with Crippen LogP contribution in [0.4, 0.5) is 4.39 Å². The van der Waals surface area contributed by atoms with Crippen molar-refractivity contribution in [1.82, 2.24) is 0 Å². The van der Waals surface area contributed by atoms with Gasteiger partial charge in [-0.15, -0.1) is 0 Å². The van der Waals surface area contributed by atoms with E-state index in [1.165, 1.54) is 71.5 Å². The maximum absolute atomic E-state index is 16.6. The van der Waals surface area contributed by atoms with Gasteiger partial charge >= 0.3 is 0 Å². The van der Waals surface area contributed by atoms with Crippen molar-refractivity contribution in [1.29, 1.82) is 0 Å². The standard InChI is InChI=1S/C46H45FN2/c1-7-10-13-29-25-32-21-23-49-44-39(32)36(26-29)45(5,6)42-37(47)19-18-34(40(42)44)41(46(49,8-2)9-3)38-27-31-17-16-28(4)24-35(31)43-33-15-12-11-14-30(33)20-22-48(38)43/h11-12,14-27,41H,7-10,13H2,1-6H3/q+2. The van der Waals surface area contributed by atoms with Gasteiger partial charge < -0.3 is 0 Å². The second kappa shape index (κ2) is 10.7. The summed E-state index contributed by atoms with van der Waals surface area (Å²) < 4.78 is 21.7. The molecule has 4 heterocycles. The third-order valence-electron chi connectivity index (χ3n) is 12.4. The van der Waals surface area contributed by atoms with E-state index < -0.39 is 5.41 Å². The summed E-state index contributed by atoms with van der Waals surface area (Å²) >= 11 is 0. The topological polar surface area (TPSA) is 7.98 Å². The molecule has 49 heavy (non-hydrogen) atoms. The lowest BCUT2D eigenvalue weighted by atomic mass is 9.61. The van der Waals surface area contributed by atoms with Crippen molar-refractivity contribution in [3.05, 3.63) is 137 Å². The van der Waals surface area contributed by atoms with Crippen LogP contribution in [0, 0.1) is 12.7 Å². The van der Waals surface area contributed by atoms with E-state index >= 15 is 4.39 Å². The van der Waals surface area contributed by atoms with E-state index in [1.54, 1.807) is 6.07 Å². The van der Waals surface area contributed by atoms with Crippen molar-refractivity contribution >= 4 is 37.8 Å². The number of fused-ring (bicyclic) bond motifs is 5. The predicted molar refractivity (Wildman–Crippen MR) is 200 cm³/mol. The van der Waals surface area contributed by atoms with Crippen LogP contribution in [-0.4, -0.2) is 0 Å². The summed E-state index contributed by atoms with van der Waals surface area (Å²) in [6, 6.07) is 31.4. The van der Waals surface area contributed by atoms with Gasteiger partial charge in [-0.3, -0.25) is 0 Å². The molecule has 3 aromatic heterocycles. The van der Waals surface area contributed by atoms with Crippen molar-refractivity contribution in [2.24, 2.45) is 0 Å². The van der Waals surface area contributed by atoms with E-state index in [0.717, 1.165) is 43.2 Å². The minimum absolute atomic E-state index is 0.00709. The van der Waals surface area contributed by atoms with E-state index in [-0.39, 0.29) is 17.3 Å². The molecule has 0 N–H and O–H groups in total. The summed E-state index contributed by atoms with van der Waals surface area (Å²) in [6.07, 6.45) is 9.87. The average Bonchev–Trinajstić information content (AvgIpc) is 3.11. The van der Waals surface area contributed by atoms with Crippen LogP contribution < -0.4 is 8.97 Å². The second-order valence-corrected chi connectivity index (χ2v) is 15.3. The second-order valence-electron chi connectivity index (χ2n) is 15.3. The van der Waals surface area contributed by atoms with Gasteiger partial charge in [0, 0.05) is 42.0 Å². The predicted octanol–water partition coefficient (Wildman–Crippen LogP) is 10.9. The SMILES string of the molecule is CCCCc1cc2c3c4[n+](ccc3c1)C(CC)(CC)C(c1cc3ccc(C)cc3c3c5ccccc5cc[n+]13)c1ccc(F)c(c1-4)C2(C)C. The molecule has 1 atom stereocenters. The minimum atomic E-state index is -0.489. The van der Waals surface area contributed by atoms with E-state index in [9.17, 15) is 0 Å². The van der Waals surface area contributed by atoms with Gasteiger partial charge in [0.25, 0.3) is 0 Å². The van der Waals surface area contributed by atoms with Gasteiger partial charge in [-0.1, -0.05) is 95.1 Å². The van der Waals surface area contributed by atoms with E-state index in [1.807, 2.05) is 0 Å². The van der Waals surface area contributed by atoms with E-state index in [4.69, 9.17) is 0 Å². The maximum Gasteiger partial charge on any atom is 0.226 e. The molecule has 2 aliphatic rings. The van der Waals surface area contributed by atoms with Crippen LogP contribution in [0.25, 0.3) is 49.1 Å². The summed E-state index contributed by atoms with van der Waals surface area (Å²) in [6.45, 7) is 13.6. The molecule has 244 valence electrons. The number of aromatic nitrogens is 2. The number of halogens is 1. The molecule has 4 aromatic carbocycles. The quantitative estimate of drug-likeness (QED) is 0.126. The summed E-state index contributed by atoms with van der Waals surface area (Å²) in [7, 11) is 0. The summed E-state index contributed by atoms with van der Waals surface area (Å²) in [5, 5.41) is 7.57. The fourth-order valence-corrected chi connectivity index (χ4v) is 9.96. The van der Waals surface area contributed by atoms with Gasteiger partial charge in [0.2, 0.25) is 16.9 Å². The molecule has 0 radical (unpaired) electrons. The maximum atomic E-state index is 16.6. The molecule has 7 aromatic rings. The number of benzene rings is 4. The Hall–Kier alpha value is -4.63. The highest BCUT2D eigenvalue weighted by Crippen LogP contribution is 2.57. The summed E-state index contributed by atoms with van der Waals surface area (Å²) in [4.78, 5) is 0. The van der Waals surface area contributed by atoms with Crippen LogP contribution >= 0.6 is 0 Å². The van der Waals surface area contributed by atoms with E-state index in [0.29, 0.717) is 0 Å². The Kier molecular flexibility index (Phi) is 6.63. The zero-order valence-corrected chi connectivity index (χ0v) is 29.6. The molecule has 2 nitrogen and oxygen atoms in total. The first-order chi connectivity index (χ1) is 23.7. The van der Waals surface area contributed by atoms with Crippen molar-refractivity contribution in [2.45, 2.75) is 90.5 Å². The first-order valence-corrected chi connectivity index (χ1v) is 18.3. The largest absolute Gasteiger partial charge is 0.226 e. The zero-order valence-electron chi connectivity index (χ0n) is 29.6. The molecule has 0 amide bonds. The molecule has 0 spiro atoms. The molecule has 3 heteroatoms. The lowest BCUT2D eigenvalue weighted by molar-refractivity contribution is -0.762. The number of pyridine rings is 3. The van der Waals surface area contributed by atoms with E-state index in [2.05, 4.69) is 142 Å². The number of aryl methyl sites for hydroxylation is 2. The normalized spacial score (nSPS) is 17.0.